The number of nitrogens with two attached hydrogens (primary N) is 1. The Kier molecular flexibility index (Phi) is 4.74. The third-order valence-corrected chi connectivity index (χ3v) is 3.53. The van der Waals surface area contributed by atoms with Crippen LogP contribution in [0.4, 0.5) is 15.8 Å². The first-order chi connectivity index (χ1) is 9.69. The van der Waals surface area contributed by atoms with Crippen LogP contribution in [0.3, 0.4) is 0 Å². The van der Waals surface area contributed by atoms with E-state index in [0.717, 1.165) is 17.7 Å². The third-order valence-electron chi connectivity index (χ3n) is 3.53. The number of anilines is 2. The second-order valence-corrected chi connectivity index (χ2v) is 4.77. The summed E-state index contributed by atoms with van der Waals surface area (Å²) in [4.78, 5) is 1.97. The second kappa shape index (κ2) is 6.53. The molecular weight excluding hydrogens is 251 g/mol. The molecule has 1 atom stereocenters. The maximum Gasteiger partial charge on any atom is 0.146 e. The molecule has 106 valence electrons. The van der Waals surface area contributed by atoms with E-state index in [1.165, 1.54) is 6.07 Å². The second-order valence-electron chi connectivity index (χ2n) is 4.77. The number of para-hydroxylation sites is 2. The molecule has 0 aliphatic heterocycles. The maximum atomic E-state index is 14.1. The standard InChI is InChI=1S/C17H21FN2/c1-3-15(19)13-9-5-7-11-16(13)20(4-2)17-12-8-6-10-14(17)18/h5-12,15H,3-4,19H2,1-2H3/t15-/m0/s1. The molecule has 0 amide bonds. The zero-order chi connectivity index (χ0) is 14.5. The highest BCUT2D eigenvalue weighted by Gasteiger charge is 2.17. The van der Waals surface area contributed by atoms with Crippen molar-refractivity contribution in [3.63, 3.8) is 0 Å². The van der Waals surface area contributed by atoms with Gasteiger partial charge in [-0.1, -0.05) is 37.3 Å². The molecule has 0 fully saturated rings. The van der Waals surface area contributed by atoms with E-state index in [9.17, 15) is 4.39 Å². The van der Waals surface area contributed by atoms with Crippen molar-refractivity contribution in [2.75, 3.05) is 11.4 Å². The Morgan fingerprint density at radius 3 is 2.20 bits per heavy atom. The van der Waals surface area contributed by atoms with Gasteiger partial charge in [0.25, 0.3) is 0 Å². The molecule has 0 unspecified atom stereocenters. The predicted molar refractivity (Wildman–Crippen MR) is 82.7 cm³/mol. The fraction of sp³-hybridized carbons (Fsp3) is 0.294. The summed E-state index contributed by atoms with van der Waals surface area (Å²) < 4.78 is 14.1. The molecule has 2 aromatic rings. The lowest BCUT2D eigenvalue weighted by molar-refractivity contribution is 0.625. The first-order valence-electron chi connectivity index (χ1n) is 7.05. The van der Waals surface area contributed by atoms with Gasteiger partial charge in [0.05, 0.1) is 5.69 Å². The van der Waals surface area contributed by atoms with Crippen LogP contribution < -0.4 is 10.6 Å². The van der Waals surface area contributed by atoms with Crippen molar-refractivity contribution in [1.82, 2.24) is 0 Å². The lowest BCUT2D eigenvalue weighted by atomic mass is 10.0. The van der Waals surface area contributed by atoms with Crippen molar-refractivity contribution >= 4 is 11.4 Å². The van der Waals surface area contributed by atoms with Crippen LogP contribution in [-0.4, -0.2) is 6.54 Å². The number of nitrogens with zero attached hydrogens (tertiary/aromatic N) is 1. The Morgan fingerprint density at radius 2 is 1.60 bits per heavy atom. The van der Waals surface area contributed by atoms with Crippen molar-refractivity contribution in [3.05, 3.63) is 59.9 Å². The van der Waals surface area contributed by atoms with Crippen molar-refractivity contribution in [2.24, 2.45) is 5.73 Å². The lowest BCUT2D eigenvalue weighted by Gasteiger charge is -2.28. The topological polar surface area (TPSA) is 29.3 Å². The normalized spacial score (nSPS) is 12.2. The first-order valence-corrected chi connectivity index (χ1v) is 7.05. The van der Waals surface area contributed by atoms with Gasteiger partial charge >= 0.3 is 0 Å². The molecule has 0 radical (unpaired) electrons. The smallest absolute Gasteiger partial charge is 0.146 e. The number of benzene rings is 2. The van der Waals surface area contributed by atoms with Crippen LogP contribution in [-0.2, 0) is 0 Å². The molecule has 0 saturated carbocycles. The van der Waals surface area contributed by atoms with Crippen LogP contribution in [0.2, 0.25) is 0 Å². The minimum absolute atomic E-state index is 0.0352. The van der Waals surface area contributed by atoms with Crippen LogP contribution in [0.1, 0.15) is 31.9 Å². The molecule has 0 bridgehead atoms. The number of hydrogen-bond donors (Lipinski definition) is 1. The molecular formula is C17H21FN2. The van der Waals surface area contributed by atoms with Gasteiger partial charge in [-0.05, 0) is 37.1 Å². The molecule has 0 spiro atoms. The highest BCUT2D eigenvalue weighted by Crippen LogP contribution is 2.33. The summed E-state index contributed by atoms with van der Waals surface area (Å²) in [6.45, 7) is 4.76. The molecule has 0 aliphatic rings. The average molecular weight is 272 g/mol. The van der Waals surface area contributed by atoms with Crippen molar-refractivity contribution in [2.45, 2.75) is 26.3 Å². The fourth-order valence-electron chi connectivity index (χ4n) is 2.41. The van der Waals surface area contributed by atoms with Gasteiger partial charge in [-0.3, -0.25) is 0 Å². The van der Waals surface area contributed by atoms with Crippen molar-refractivity contribution in [3.8, 4) is 0 Å². The van der Waals surface area contributed by atoms with E-state index in [2.05, 4.69) is 6.92 Å². The van der Waals surface area contributed by atoms with E-state index >= 15 is 0 Å². The molecule has 0 aliphatic carbocycles. The Balaban J connectivity index is 2.50. The molecule has 0 heterocycles. The average Bonchev–Trinajstić information content (AvgIpc) is 2.49. The SMILES string of the molecule is CC[C@H](N)c1ccccc1N(CC)c1ccccc1F. The molecule has 20 heavy (non-hydrogen) atoms. The van der Waals surface area contributed by atoms with Gasteiger partial charge in [0.2, 0.25) is 0 Å². The van der Waals surface area contributed by atoms with Gasteiger partial charge in [0, 0.05) is 18.3 Å². The number of rotatable bonds is 5. The summed E-state index contributed by atoms with van der Waals surface area (Å²) in [6.07, 6.45) is 0.853. The summed E-state index contributed by atoms with van der Waals surface area (Å²) in [5.74, 6) is -0.214. The number of hydrogen-bond acceptors (Lipinski definition) is 2. The summed E-state index contributed by atoms with van der Waals surface area (Å²) in [5.41, 5.74) is 8.81. The first kappa shape index (κ1) is 14.5. The lowest BCUT2D eigenvalue weighted by Crippen LogP contribution is -2.21. The maximum absolute atomic E-state index is 14.1. The number of halogens is 1. The minimum atomic E-state index is -0.214. The summed E-state index contributed by atoms with van der Waals surface area (Å²) in [6, 6.07) is 14.8. The van der Waals surface area contributed by atoms with E-state index in [4.69, 9.17) is 5.73 Å². The fourth-order valence-corrected chi connectivity index (χ4v) is 2.41. The summed E-state index contributed by atoms with van der Waals surface area (Å²) >= 11 is 0. The van der Waals surface area contributed by atoms with Gasteiger partial charge in [0.1, 0.15) is 5.82 Å². The molecule has 2 N–H and O–H groups in total. The molecule has 2 nitrogen and oxygen atoms in total. The molecule has 3 heteroatoms. The van der Waals surface area contributed by atoms with Gasteiger partial charge in [-0.15, -0.1) is 0 Å². The van der Waals surface area contributed by atoms with Crippen LogP contribution in [0.25, 0.3) is 0 Å². The van der Waals surface area contributed by atoms with E-state index in [1.54, 1.807) is 12.1 Å². The quantitative estimate of drug-likeness (QED) is 0.874. The Hall–Kier alpha value is -1.87. The van der Waals surface area contributed by atoms with Gasteiger partial charge in [-0.25, -0.2) is 4.39 Å². The Bertz CT molecular complexity index is 568. The molecule has 0 aromatic heterocycles. The highest BCUT2D eigenvalue weighted by atomic mass is 19.1. The minimum Gasteiger partial charge on any atom is -0.339 e. The van der Waals surface area contributed by atoms with Crippen molar-refractivity contribution < 1.29 is 4.39 Å². The molecule has 2 rings (SSSR count). The molecule has 0 saturated heterocycles. The van der Waals surface area contributed by atoms with Gasteiger partial charge in [-0.2, -0.15) is 0 Å². The monoisotopic (exact) mass is 272 g/mol. The van der Waals surface area contributed by atoms with E-state index in [-0.39, 0.29) is 11.9 Å². The van der Waals surface area contributed by atoms with Crippen molar-refractivity contribution in [1.29, 1.82) is 0 Å². The molecule has 2 aromatic carbocycles. The third kappa shape index (κ3) is 2.83. The van der Waals surface area contributed by atoms with E-state index < -0.39 is 0 Å². The van der Waals surface area contributed by atoms with Crippen LogP contribution in [0, 0.1) is 5.82 Å². The van der Waals surface area contributed by atoms with Crippen LogP contribution >= 0.6 is 0 Å². The summed E-state index contributed by atoms with van der Waals surface area (Å²) in [7, 11) is 0. The Morgan fingerprint density at radius 1 is 1.00 bits per heavy atom. The van der Waals surface area contributed by atoms with Crippen LogP contribution in [0.15, 0.2) is 48.5 Å². The zero-order valence-electron chi connectivity index (χ0n) is 12.0. The predicted octanol–water partition coefficient (Wildman–Crippen LogP) is 4.39. The van der Waals surface area contributed by atoms with Crippen LogP contribution in [0.5, 0.6) is 0 Å². The van der Waals surface area contributed by atoms with Gasteiger partial charge < -0.3 is 10.6 Å². The Labute approximate surface area is 120 Å². The zero-order valence-corrected chi connectivity index (χ0v) is 12.0. The highest BCUT2D eigenvalue weighted by molar-refractivity contribution is 5.67. The summed E-state index contributed by atoms with van der Waals surface area (Å²) in [5, 5.41) is 0. The van der Waals surface area contributed by atoms with E-state index in [1.807, 2.05) is 42.2 Å². The van der Waals surface area contributed by atoms with Gasteiger partial charge in [0.15, 0.2) is 0 Å². The largest absolute Gasteiger partial charge is 0.339 e. The van der Waals surface area contributed by atoms with E-state index in [0.29, 0.717) is 12.2 Å².